The number of aromatic nitrogens is 5. The summed E-state index contributed by atoms with van der Waals surface area (Å²) < 4.78 is 36.4. The second-order valence-corrected chi connectivity index (χ2v) is 6.93. The molecular weight excluding hydrogens is 406 g/mol. The molecule has 0 bridgehead atoms. The molecule has 0 radical (unpaired) electrons. The maximum absolute atomic E-state index is 15.2. The molecule has 0 fully saturated rings. The highest BCUT2D eigenvalue weighted by molar-refractivity contribution is 5.96. The summed E-state index contributed by atoms with van der Waals surface area (Å²) in [7, 11) is 1.57. The van der Waals surface area contributed by atoms with Crippen molar-refractivity contribution in [1.82, 2.24) is 24.8 Å². The zero-order valence-corrected chi connectivity index (χ0v) is 17.2. The molecule has 0 amide bonds. The van der Waals surface area contributed by atoms with Gasteiger partial charge in [0.05, 0.1) is 12.1 Å². The molecule has 0 aliphatic carbocycles. The van der Waals surface area contributed by atoms with Gasteiger partial charge in [-0.05, 0) is 31.2 Å². The third-order valence-electron chi connectivity index (χ3n) is 4.89. The molecule has 0 saturated carbocycles. The third-order valence-corrected chi connectivity index (χ3v) is 4.89. The Labute approximate surface area is 176 Å². The van der Waals surface area contributed by atoms with Crippen LogP contribution in [0.5, 0.6) is 0 Å². The summed E-state index contributed by atoms with van der Waals surface area (Å²) in [4.78, 5) is 9.21. The number of oxime groups is 1. The van der Waals surface area contributed by atoms with Gasteiger partial charge in [0.25, 0.3) is 0 Å². The quantitative estimate of drug-likeness (QED) is 0.255. The lowest BCUT2D eigenvalue weighted by Gasteiger charge is -2.14. The second kappa shape index (κ2) is 8.68. The van der Waals surface area contributed by atoms with Crippen molar-refractivity contribution in [3.8, 4) is 0 Å². The molecule has 10 heteroatoms. The van der Waals surface area contributed by atoms with Crippen LogP contribution >= 0.6 is 0 Å². The number of ether oxygens (including phenoxy) is 1. The average molecular weight is 426 g/mol. The molecule has 4 aromatic rings. The van der Waals surface area contributed by atoms with E-state index < -0.39 is 17.6 Å². The van der Waals surface area contributed by atoms with Crippen molar-refractivity contribution in [2.75, 3.05) is 20.3 Å². The van der Waals surface area contributed by atoms with E-state index in [4.69, 9.17) is 9.57 Å². The van der Waals surface area contributed by atoms with Crippen LogP contribution in [-0.2, 0) is 9.57 Å². The Balaban J connectivity index is 1.74. The van der Waals surface area contributed by atoms with Gasteiger partial charge in [-0.15, -0.1) is 10.2 Å². The number of benzene rings is 1. The summed E-state index contributed by atoms with van der Waals surface area (Å²) in [5.74, 6) is -1.83. The number of pyridine rings is 1. The summed E-state index contributed by atoms with van der Waals surface area (Å²) in [6.45, 7) is 4.11. The standard InChI is InChI=1S/C21H20F2N6O2/c1-12(19-15(22)11-17-14(20(19)23)5-4-8-24-17)21-26-25-18-7-6-16(27-29(18)21)13(2)28-31-10-9-30-3/h4-8,11-12H,9-10H2,1-3H3/b28-13-. The van der Waals surface area contributed by atoms with E-state index in [0.717, 1.165) is 0 Å². The Bertz CT molecular complexity index is 1270. The van der Waals surface area contributed by atoms with Crippen molar-refractivity contribution in [3.05, 3.63) is 65.2 Å². The summed E-state index contributed by atoms with van der Waals surface area (Å²) >= 11 is 0. The molecule has 0 aliphatic rings. The first kappa shape index (κ1) is 20.7. The predicted octanol–water partition coefficient (Wildman–Crippen LogP) is 3.49. The molecule has 31 heavy (non-hydrogen) atoms. The molecule has 0 N–H and O–H groups in total. The molecule has 3 aromatic heterocycles. The Morgan fingerprint density at radius 3 is 2.84 bits per heavy atom. The smallest absolute Gasteiger partial charge is 0.177 e. The van der Waals surface area contributed by atoms with E-state index in [0.29, 0.717) is 36.1 Å². The van der Waals surface area contributed by atoms with Gasteiger partial charge in [0.2, 0.25) is 0 Å². The molecule has 8 nitrogen and oxygen atoms in total. The fourth-order valence-corrected chi connectivity index (χ4v) is 3.27. The van der Waals surface area contributed by atoms with Crippen LogP contribution in [0.4, 0.5) is 8.78 Å². The van der Waals surface area contributed by atoms with E-state index in [1.165, 1.54) is 16.8 Å². The molecule has 4 rings (SSSR count). The van der Waals surface area contributed by atoms with Crippen molar-refractivity contribution < 1.29 is 18.4 Å². The van der Waals surface area contributed by atoms with Gasteiger partial charge in [-0.25, -0.2) is 8.78 Å². The molecule has 160 valence electrons. The molecule has 0 spiro atoms. The van der Waals surface area contributed by atoms with Crippen LogP contribution in [0.3, 0.4) is 0 Å². The van der Waals surface area contributed by atoms with E-state index in [9.17, 15) is 4.39 Å². The third kappa shape index (κ3) is 3.93. The maximum Gasteiger partial charge on any atom is 0.177 e. The first-order valence-electron chi connectivity index (χ1n) is 9.62. The SMILES string of the molecule is COCCO/N=C(/C)c1ccc2nnc(C(C)c3c(F)cc4ncccc4c3F)n2n1. The largest absolute Gasteiger partial charge is 0.393 e. The summed E-state index contributed by atoms with van der Waals surface area (Å²) in [6, 6.07) is 7.82. The van der Waals surface area contributed by atoms with E-state index in [2.05, 4.69) is 25.4 Å². The van der Waals surface area contributed by atoms with Crippen molar-refractivity contribution in [1.29, 1.82) is 0 Å². The minimum absolute atomic E-state index is 0.115. The van der Waals surface area contributed by atoms with E-state index in [1.807, 2.05) is 0 Å². The summed E-state index contributed by atoms with van der Waals surface area (Å²) in [6.07, 6.45) is 1.49. The minimum Gasteiger partial charge on any atom is -0.393 e. The minimum atomic E-state index is -0.752. The lowest BCUT2D eigenvalue weighted by molar-refractivity contribution is 0.0751. The maximum atomic E-state index is 15.2. The highest BCUT2D eigenvalue weighted by Crippen LogP contribution is 2.31. The van der Waals surface area contributed by atoms with Crippen LogP contribution in [0.25, 0.3) is 16.6 Å². The number of halogens is 2. The van der Waals surface area contributed by atoms with Crippen LogP contribution in [0.1, 0.15) is 36.8 Å². The molecule has 3 heterocycles. The van der Waals surface area contributed by atoms with Crippen LogP contribution in [0, 0.1) is 11.6 Å². The number of methoxy groups -OCH3 is 1. The number of rotatable bonds is 7. The topological polar surface area (TPSA) is 86.8 Å². The zero-order chi connectivity index (χ0) is 22.0. The van der Waals surface area contributed by atoms with Crippen molar-refractivity contribution in [2.45, 2.75) is 19.8 Å². The van der Waals surface area contributed by atoms with Crippen LogP contribution in [-0.4, -0.2) is 50.8 Å². The molecule has 1 aromatic carbocycles. The second-order valence-electron chi connectivity index (χ2n) is 6.93. The van der Waals surface area contributed by atoms with Gasteiger partial charge in [0, 0.05) is 36.2 Å². The highest BCUT2D eigenvalue weighted by atomic mass is 19.1. The number of hydrogen-bond donors (Lipinski definition) is 0. The van der Waals surface area contributed by atoms with Crippen molar-refractivity contribution in [3.63, 3.8) is 0 Å². The van der Waals surface area contributed by atoms with E-state index >= 15 is 4.39 Å². The van der Waals surface area contributed by atoms with E-state index in [-0.39, 0.29) is 16.5 Å². The summed E-state index contributed by atoms with van der Waals surface area (Å²) in [5.41, 5.74) is 1.62. The molecule has 0 saturated heterocycles. The molecular formula is C21H20F2N6O2. The number of fused-ring (bicyclic) bond motifs is 2. The lowest BCUT2D eigenvalue weighted by atomic mass is 9.97. The van der Waals surface area contributed by atoms with Gasteiger partial charge in [-0.1, -0.05) is 12.1 Å². The van der Waals surface area contributed by atoms with Gasteiger partial charge in [0.1, 0.15) is 29.6 Å². The van der Waals surface area contributed by atoms with Crippen LogP contribution in [0.15, 0.2) is 41.7 Å². The lowest BCUT2D eigenvalue weighted by Crippen LogP contribution is -2.11. The Kier molecular flexibility index (Phi) is 5.81. The monoisotopic (exact) mass is 426 g/mol. The molecule has 1 unspecified atom stereocenters. The van der Waals surface area contributed by atoms with Crippen LogP contribution in [0.2, 0.25) is 0 Å². The Morgan fingerprint density at radius 1 is 1.19 bits per heavy atom. The molecule has 0 aliphatic heterocycles. The number of nitrogens with zero attached hydrogens (tertiary/aromatic N) is 6. The zero-order valence-electron chi connectivity index (χ0n) is 17.2. The van der Waals surface area contributed by atoms with E-state index in [1.54, 1.807) is 45.2 Å². The van der Waals surface area contributed by atoms with Gasteiger partial charge in [-0.3, -0.25) is 4.98 Å². The highest BCUT2D eigenvalue weighted by Gasteiger charge is 2.25. The van der Waals surface area contributed by atoms with Gasteiger partial charge < -0.3 is 9.57 Å². The van der Waals surface area contributed by atoms with Crippen LogP contribution < -0.4 is 0 Å². The van der Waals surface area contributed by atoms with Crippen molar-refractivity contribution >= 4 is 22.3 Å². The normalized spacial score (nSPS) is 13.1. The Morgan fingerprint density at radius 2 is 2.03 bits per heavy atom. The van der Waals surface area contributed by atoms with Gasteiger partial charge in [0.15, 0.2) is 11.5 Å². The number of hydrogen-bond acceptors (Lipinski definition) is 7. The Hall–Kier alpha value is -3.53. The first-order valence-corrected chi connectivity index (χ1v) is 9.62. The first-order chi connectivity index (χ1) is 15.0. The van der Waals surface area contributed by atoms with Gasteiger partial charge in [-0.2, -0.15) is 9.61 Å². The fraction of sp³-hybridized carbons (Fsp3) is 0.286. The summed E-state index contributed by atoms with van der Waals surface area (Å²) in [5, 5.41) is 17.0. The van der Waals surface area contributed by atoms with Crippen molar-refractivity contribution in [2.24, 2.45) is 5.16 Å². The predicted molar refractivity (Wildman–Crippen MR) is 110 cm³/mol. The molecule has 1 atom stereocenters. The average Bonchev–Trinajstić information content (AvgIpc) is 3.20. The fourth-order valence-electron chi connectivity index (χ4n) is 3.27. The van der Waals surface area contributed by atoms with Gasteiger partial charge >= 0.3 is 0 Å².